The molecule has 0 bridgehead atoms. The zero-order valence-corrected chi connectivity index (χ0v) is 14.7. The minimum Gasteiger partial charge on any atom is -0.466 e. The van der Waals surface area contributed by atoms with Crippen LogP contribution in [0, 0.1) is 0 Å². The lowest BCUT2D eigenvalue weighted by Crippen LogP contribution is -2.31. The summed E-state index contributed by atoms with van der Waals surface area (Å²) in [6.45, 7) is -3.25. The molecule has 0 fully saturated rings. The van der Waals surface area contributed by atoms with E-state index >= 15 is 0 Å². The molecule has 25 heavy (non-hydrogen) atoms. The van der Waals surface area contributed by atoms with Gasteiger partial charge in [0.2, 0.25) is 0 Å². The minimum absolute atomic E-state index is 0.0250. The Morgan fingerprint density at radius 3 is 2.76 bits per heavy atom. The van der Waals surface area contributed by atoms with Crippen LogP contribution in [0.15, 0.2) is 33.9 Å². The number of nitrogens with zero attached hydrogens (tertiary/aromatic N) is 1. The van der Waals surface area contributed by atoms with E-state index in [1.165, 1.54) is 30.2 Å². The number of β-amino-alcohol motifs (C(OH)–C–C–N with tert-alkyl or cyclic N) is 1. The summed E-state index contributed by atoms with van der Waals surface area (Å²) in [4.78, 5) is 25.6. The van der Waals surface area contributed by atoms with Crippen molar-refractivity contribution in [2.45, 2.75) is 6.61 Å². The van der Waals surface area contributed by atoms with E-state index in [-0.39, 0.29) is 42.4 Å². The maximum atomic E-state index is 12.4. The first kappa shape index (κ1) is 19.1. The van der Waals surface area contributed by atoms with E-state index < -0.39 is 18.5 Å². The topological polar surface area (TPSA) is 88.1 Å². The molecule has 0 saturated heterocycles. The fourth-order valence-corrected chi connectivity index (χ4v) is 2.77. The summed E-state index contributed by atoms with van der Waals surface area (Å²) in [5, 5.41) is 11.8. The fraction of sp³-hybridized carbons (Fsp3) is 0.333. The van der Waals surface area contributed by atoms with Crippen molar-refractivity contribution in [2.24, 2.45) is 0 Å². The summed E-state index contributed by atoms with van der Waals surface area (Å²) in [6, 6.07) is 4.13. The number of halogens is 3. The van der Waals surface area contributed by atoms with Gasteiger partial charge in [-0.1, -0.05) is 15.9 Å². The van der Waals surface area contributed by atoms with Gasteiger partial charge < -0.3 is 24.8 Å². The molecule has 0 atom stereocenters. The molecule has 0 spiro atoms. The van der Waals surface area contributed by atoms with Crippen molar-refractivity contribution >= 4 is 33.5 Å². The number of benzene rings is 1. The van der Waals surface area contributed by atoms with Crippen LogP contribution < -0.4 is 10.1 Å². The highest BCUT2D eigenvalue weighted by Crippen LogP contribution is 2.29. The van der Waals surface area contributed by atoms with Crippen LogP contribution in [0.4, 0.5) is 14.5 Å². The SMILES string of the molecule is COC(=O)C1=C(Nc2cc(Br)cc(OC(F)F)c2)C(=O)N(CCO)C1. The van der Waals surface area contributed by atoms with E-state index in [1.807, 2.05) is 0 Å². The standard InChI is InChI=1S/C15H15BrF2N2O5/c1-24-14(23)11-7-20(2-3-21)13(22)12(11)19-9-4-8(16)5-10(6-9)25-15(17)18/h4-6,15,19,21H,2-3,7H2,1H3. The van der Waals surface area contributed by atoms with Gasteiger partial charge in [-0.15, -0.1) is 0 Å². The molecule has 2 N–H and O–H groups in total. The number of hydrogen-bond donors (Lipinski definition) is 2. The lowest BCUT2D eigenvalue weighted by Gasteiger charge is -2.15. The molecule has 10 heteroatoms. The smallest absolute Gasteiger partial charge is 0.387 e. The average molecular weight is 421 g/mol. The maximum absolute atomic E-state index is 12.4. The number of aliphatic hydroxyl groups is 1. The molecule has 0 radical (unpaired) electrons. The number of rotatable bonds is 7. The molecule has 1 aromatic carbocycles. The van der Waals surface area contributed by atoms with E-state index in [1.54, 1.807) is 0 Å². The molecule has 1 heterocycles. The minimum atomic E-state index is -3.00. The van der Waals surface area contributed by atoms with E-state index in [2.05, 4.69) is 30.7 Å². The van der Waals surface area contributed by atoms with E-state index in [0.29, 0.717) is 4.47 Å². The molecule has 1 aliphatic heterocycles. The summed E-state index contributed by atoms with van der Waals surface area (Å²) >= 11 is 3.16. The average Bonchev–Trinajstić information content (AvgIpc) is 2.83. The molecular weight excluding hydrogens is 406 g/mol. The number of esters is 1. The number of carbonyl (C=O) groups is 2. The Bertz CT molecular complexity index is 711. The van der Waals surface area contributed by atoms with Crippen LogP contribution in [-0.2, 0) is 14.3 Å². The van der Waals surface area contributed by atoms with Gasteiger partial charge in [-0.3, -0.25) is 4.79 Å². The first-order valence-corrected chi connectivity index (χ1v) is 7.89. The predicted molar refractivity (Wildman–Crippen MR) is 87.1 cm³/mol. The molecule has 0 unspecified atom stereocenters. The summed E-state index contributed by atoms with van der Waals surface area (Å²) in [7, 11) is 1.18. The Hall–Kier alpha value is -2.20. The van der Waals surface area contributed by atoms with Crippen molar-refractivity contribution in [3.63, 3.8) is 0 Å². The van der Waals surface area contributed by atoms with E-state index in [9.17, 15) is 18.4 Å². The predicted octanol–water partition coefficient (Wildman–Crippen LogP) is 1.72. The Balaban J connectivity index is 2.33. The van der Waals surface area contributed by atoms with Crippen LogP contribution in [0.3, 0.4) is 0 Å². The second-order valence-corrected chi connectivity index (χ2v) is 5.89. The molecule has 1 aromatic rings. The zero-order chi connectivity index (χ0) is 18.6. The van der Waals surface area contributed by atoms with Gasteiger partial charge in [-0.25, -0.2) is 4.79 Å². The zero-order valence-electron chi connectivity index (χ0n) is 13.1. The van der Waals surface area contributed by atoms with E-state index in [4.69, 9.17) is 5.11 Å². The van der Waals surface area contributed by atoms with Crippen LogP contribution in [0.5, 0.6) is 5.75 Å². The normalized spacial score (nSPS) is 14.3. The van der Waals surface area contributed by atoms with Gasteiger partial charge in [-0.05, 0) is 12.1 Å². The summed E-state index contributed by atoms with van der Waals surface area (Å²) in [6.07, 6.45) is 0. The Morgan fingerprint density at radius 2 is 2.16 bits per heavy atom. The van der Waals surface area contributed by atoms with Gasteiger partial charge in [0.05, 0.1) is 25.8 Å². The monoisotopic (exact) mass is 420 g/mol. The second kappa shape index (κ2) is 8.26. The van der Waals surface area contributed by atoms with Crippen molar-refractivity contribution in [3.8, 4) is 5.75 Å². The van der Waals surface area contributed by atoms with Crippen molar-refractivity contribution < 1.29 is 33.0 Å². The molecular formula is C15H15BrF2N2O5. The number of amides is 1. The summed E-state index contributed by atoms with van der Waals surface area (Å²) in [5.74, 6) is -1.33. The van der Waals surface area contributed by atoms with Gasteiger partial charge in [0.15, 0.2) is 0 Å². The van der Waals surface area contributed by atoms with Crippen LogP contribution in [0.25, 0.3) is 0 Å². The lowest BCUT2D eigenvalue weighted by atomic mass is 10.2. The quantitative estimate of drug-likeness (QED) is 0.653. The first-order valence-electron chi connectivity index (χ1n) is 7.09. The van der Waals surface area contributed by atoms with Crippen molar-refractivity contribution in [2.75, 3.05) is 32.1 Å². The number of aliphatic hydroxyl groups excluding tert-OH is 1. The lowest BCUT2D eigenvalue weighted by molar-refractivity contribution is -0.136. The van der Waals surface area contributed by atoms with E-state index in [0.717, 1.165) is 0 Å². The van der Waals surface area contributed by atoms with Crippen molar-refractivity contribution in [1.29, 1.82) is 0 Å². The molecule has 0 aliphatic carbocycles. The molecule has 136 valence electrons. The number of carbonyl (C=O) groups excluding carboxylic acids is 2. The molecule has 2 rings (SSSR count). The number of ether oxygens (including phenoxy) is 2. The Labute approximate surface area is 150 Å². The van der Waals surface area contributed by atoms with Gasteiger partial charge in [0, 0.05) is 22.8 Å². The van der Waals surface area contributed by atoms with Crippen molar-refractivity contribution in [3.05, 3.63) is 33.9 Å². The van der Waals surface area contributed by atoms with Gasteiger partial charge >= 0.3 is 12.6 Å². The van der Waals surface area contributed by atoms with Gasteiger partial charge in [0.25, 0.3) is 5.91 Å². The number of anilines is 1. The number of nitrogens with one attached hydrogen (secondary N) is 1. The van der Waals surface area contributed by atoms with Gasteiger partial charge in [0.1, 0.15) is 11.4 Å². The highest BCUT2D eigenvalue weighted by atomic mass is 79.9. The number of methoxy groups -OCH3 is 1. The maximum Gasteiger partial charge on any atom is 0.387 e. The molecule has 7 nitrogen and oxygen atoms in total. The fourth-order valence-electron chi connectivity index (χ4n) is 2.30. The number of hydrogen-bond acceptors (Lipinski definition) is 6. The Morgan fingerprint density at radius 1 is 1.44 bits per heavy atom. The molecule has 1 aliphatic rings. The van der Waals surface area contributed by atoms with Crippen LogP contribution in [-0.4, -0.2) is 55.3 Å². The largest absolute Gasteiger partial charge is 0.466 e. The second-order valence-electron chi connectivity index (χ2n) is 4.97. The number of alkyl halides is 2. The van der Waals surface area contributed by atoms with Crippen molar-refractivity contribution in [1.82, 2.24) is 4.90 Å². The van der Waals surface area contributed by atoms with Crippen LogP contribution in [0.2, 0.25) is 0 Å². The van der Waals surface area contributed by atoms with Crippen LogP contribution in [0.1, 0.15) is 0 Å². The third kappa shape index (κ3) is 4.67. The van der Waals surface area contributed by atoms with Crippen LogP contribution >= 0.6 is 15.9 Å². The highest BCUT2D eigenvalue weighted by molar-refractivity contribution is 9.10. The Kier molecular flexibility index (Phi) is 6.32. The third-order valence-electron chi connectivity index (χ3n) is 3.32. The molecule has 0 aromatic heterocycles. The highest BCUT2D eigenvalue weighted by Gasteiger charge is 2.34. The third-order valence-corrected chi connectivity index (χ3v) is 3.78. The molecule has 1 amide bonds. The summed E-state index contributed by atoms with van der Waals surface area (Å²) < 4.78 is 34.2. The molecule has 0 saturated carbocycles. The first-order chi connectivity index (χ1) is 11.8. The summed E-state index contributed by atoms with van der Waals surface area (Å²) in [5.41, 5.74) is 0.305. The van der Waals surface area contributed by atoms with Gasteiger partial charge in [-0.2, -0.15) is 8.78 Å².